The van der Waals surface area contributed by atoms with Gasteiger partial charge in [0.1, 0.15) is 9.84 Å². The Hall–Kier alpha value is -0.0500. The van der Waals surface area contributed by atoms with E-state index < -0.39 is 9.84 Å². The Balaban J connectivity index is 2.58. The van der Waals surface area contributed by atoms with E-state index >= 15 is 0 Å². The minimum atomic E-state index is -2.58. The van der Waals surface area contributed by atoms with Crippen molar-refractivity contribution in [3.8, 4) is 0 Å². The topological polar surface area (TPSA) is 34.1 Å². The van der Waals surface area contributed by atoms with Crippen molar-refractivity contribution in [2.75, 3.05) is 11.5 Å². The lowest BCUT2D eigenvalue weighted by atomic mass is 10.3. The molecule has 1 fully saturated rings. The Morgan fingerprint density at radius 3 is 1.62 bits per heavy atom. The van der Waals surface area contributed by atoms with Crippen molar-refractivity contribution in [2.24, 2.45) is 0 Å². The van der Waals surface area contributed by atoms with Crippen LogP contribution in [0.4, 0.5) is 0 Å². The largest absolute Gasteiger partial charge is 0.229 e. The van der Waals surface area contributed by atoms with Gasteiger partial charge in [-0.05, 0) is 12.8 Å². The lowest BCUT2D eigenvalue weighted by Crippen LogP contribution is -2.15. The summed E-state index contributed by atoms with van der Waals surface area (Å²) in [6.45, 7) is 0. The highest BCUT2D eigenvalue weighted by Crippen LogP contribution is 2.09. The van der Waals surface area contributed by atoms with Crippen molar-refractivity contribution >= 4 is 9.84 Å². The summed E-state index contributed by atoms with van der Waals surface area (Å²) in [4.78, 5) is 0. The van der Waals surface area contributed by atoms with Crippen LogP contribution < -0.4 is 0 Å². The van der Waals surface area contributed by atoms with E-state index in [-0.39, 0.29) is 0 Å². The van der Waals surface area contributed by atoms with Gasteiger partial charge in [-0.1, -0.05) is 6.42 Å². The molecule has 2 nitrogen and oxygen atoms in total. The number of sulfone groups is 1. The molecule has 1 rings (SSSR count). The molecule has 0 aliphatic carbocycles. The van der Waals surface area contributed by atoms with Crippen molar-refractivity contribution in [1.82, 2.24) is 0 Å². The second kappa shape index (κ2) is 2.05. The molecule has 48 valence electrons. The van der Waals surface area contributed by atoms with Crippen LogP contribution in [0, 0.1) is 0 Å². The lowest BCUT2D eigenvalue weighted by molar-refractivity contribution is 0.575. The summed E-state index contributed by atoms with van der Waals surface area (Å²) in [5.74, 6) is 0.847. The number of hydrogen-bond acceptors (Lipinski definition) is 2. The molecule has 1 aliphatic rings. The van der Waals surface area contributed by atoms with Gasteiger partial charge in [-0.25, -0.2) is 8.42 Å². The Morgan fingerprint density at radius 2 is 1.38 bits per heavy atom. The molecule has 0 unspecified atom stereocenters. The number of hydrogen-bond donors (Lipinski definition) is 0. The molecule has 0 spiro atoms. The highest BCUT2D eigenvalue weighted by atomic mass is 32.2. The third kappa shape index (κ3) is 1.47. The molecule has 1 saturated heterocycles. The summed E-state index contributed by atoms with van der Waals surface area (Å²) >= 11 is 0. The van der Waals surface area contributed by atoms with Gasteiger partial charge in [0.25, 0.3) is 0 Å². The van der Waals surface area contributed by atoms with Crippen molar-refractivity contribution < 1.29 is 8.42 Å². The van der Waals surface area contributed by atoms with Gasteiger partial charge in [0.05, 0.1) is 11.5 Å². The molecule has 0 aromatic carbocycles. The maximum atomic E-state index is 10.7. The fourth-order valence-corrected chi connectivity index (χ4v) is 2.41. The highest BCUT2D eigenvalue weighted by molar-refractivity contribution is 7.91. The van der Waals surface area contributed by atoms with E-state index in [1.165, 1.54) is 0 Å². The lowest BCUT2D eigenvalue weighted by Gasteiger charge is -2.08. The van der Waals surface area contributed by atoms with E-state index in [0.717, 1.165) is 19.3 Å². The molecule has 8 heavy (non-hydrogen) atoms. The Labute approximate surface area is 49.8 Å². The first-order valence-electron chi connectivity index (χ1n) is 2.91. The van der Waals surface area contributed by atoms with Crippen LogP contribution in [-0.4, -0.2) is 19.9 Å². The first-order chi connectivity index (χ1) is 3.71. The molecular weight excluding hydrogens is 124 g/mol. The van der Waals surface area contributed by atoms with Gasteiger partial charge in [0, 0.05) is 0 Å². The predicted molar refractivity (Wildman–Crippen MR) is 32.5 cm³/mol. The van der Waals surface area contributed by atoms with E-state index in [0.29, 0.717) is 11.5 Å². The Kier molecular flexibility index (Phi) is 1.56. The van der Waals surface area contributed by atoms with Crippen molar-refractivity contribution in [2.45, 2.75) is 19.3 Å². The van der Waals surface area contributed by atoms with Crippen molar-refractivity contribution in [3.63, 3.8) is 0 Å². The Bertz CT molecular complexity index is 145. The van der Waals surface area contributed by atoms with Gasteiger partial charge in [0.2, 0.25) is 0 Å². The standard InChI is InChI=1S/C5H10O2S/c6-8(7)4-2-1-3-5-8/h1-5H2. The second-order valence-corrected chi connectivity index (χ2v) is 4.52. The normalized spacial score (nSPS) is 27.5. The van der Waals surface area contributed by atoms with Crippen LogP contribution in [0.25, 0.3) is 0 Å². The maximum absolute atomic E-state index is 10.7. The molecular formula is C5H10O2S. The van der Waals surface area contributed by atoms with Crippen molar-refractivity contribution in [3.05, 3.63) is 0 Å². The third-order valence-corrected chi connectivity index (χ3v) is 3.23. The Morgan fingerprint density at radius 1 is 0.875 bits per heavy atom. The quantitative estimate of drug-likeness (QED) is 0.486. The smallest absolute Gasteiger partial charge is 0.150 e. The summed E-state index contributed by atoms with van der Waals surface area (Å²) in [5, 5.41) is 0. The minimum Gasteiger partial charge on any atom is -0.229 e. The molecule has 0 atom stereocenters. The van der Waals surface area contributed by atoms with Crippen molar-refractivity contribution in [1.29, 1.82) is 0 Å². The summed E-state index contributed by atoms with van der Waals surface area (Å²) < 4.78 is 21.3. The van der Waals surface area contributed by atoms with Gasteiger partial charge >= 0.3 is 0 Å². The fraction of sp³-hybridized carbons (Fsp3) is 1.00. The van der Waals surface area contributed by atoms with Gasteiger partial charge in [-0.15, -0.1) is 0 Å². The van der Waals surface area contributed by atoms with Gasteiger partial charge in [-0.3, -0.25) is 0 Å². The molecule has 0 saturated carbocycles. The zero-order chi connectivity index (χ0) is 6.04. The van der Waals surface area contributed by atoms with Crippen LogP contribution in [0.5, 0.6) is 0 Å². The molecule has 0 bridgehead atoms. The van der Waals surface area contributed by atoms with E-state index in [1.54, 1.807) is 0 Å². The monoisotopic (exact) mass is 134 g/mol. The fourth-order valence-electron chi connectivity index (χ4n) is 0.923. The van der Waals surface area contributed by atoms with E-state index in [4.69, 9.17) is 0 Å². The van der Waals surface area contributed by atoms with Crippen LogP contribution in [0.1, 0.15) is 19.3 Å². The summed E-state index contributed by atoms with van der Waals surface area (Å²) in [5.41, 5.74) is 0. The highest BCUT2D eigenvalue weighted by Gasteiger charge is 2.14. The molecule has 0 aromatic heterocycles. The van der Waals surface area contributed by atoms with E-state index in [2.05, 4.69) is 0 Å². The van der Waals surface area contributed by atoms with Crippen LogP contribution in [0.3, 0.4) is 0 Å². The molecule has 0 N–H and O–H groups in total. The first kappa shape index (κ1) is 6.08. The van der Waals surface area contributed by atoms with Gasteiger partial charge in [0.15, 0.2) is 0 Å². The van der Waals surface area contributed by atoms with Crippen LogP contribution >= 0.6 is 0 Å². The van der Waals surface area contributed by atoms with Gasteiger partial charge < -0.3 is 0 Å². The zero-order valence-electron chi connectivity index (χ0n) is 4.76. The molecule has 1 heterocycles. The molecule has 0 amide bonds. The average molecular weight is 134 g/mol. The van der Waals surface area contributed by atoms with E-state index in [1.807, 2.05) is 0 Å². The summed E-state index contributed by atoms with van der Waals surface area (Å²) in [7, 11) is -2.58. The second-order valence-electron chi connectivity index (χ2n) is 2.21. The average Bonchev–Trinajstić information content (AvgIpc) is 1.65. The predicted octanol–water partition coefficient (Wildman–Crippen LogP) is 0.585. The summed E-state index contributed by atoms with van der Waals surface area (Å²) in [6, 6.07) is 0. The van der Waals surface area contributed by atoms with Crippen LogP contribution in [0.15, 0.2) is 0 Å². The summed E-state index contributed by atoms with van der Waals surface area (Å²) in [6.07, 6.45) is 2.85. The minimum absolute atomic E-state index is 0.424. The molecule has 0 radical (unpaired) electrons. The maximum Gasteiger partial charge on any atom is 0.150 e. The molecule has 3 heteroatoms. The van der Waals surface area contributed by atoms with Gasteiger partial charge in [-0.2, -0.15) is 0 Å². The molecule has 1 aliphatic heterocycles. The van der Waals surface area contributed by atoms with Crippen LogP contribution in [0.2, 0.25) is 0 Å². The third-order valence-electron chi connectivity index (χ3n) is 1.41. The van der Waals surface area contributed by atoms with Crippen LogP contribution in [-0.2, 0) is 9.84 Å². The first-order valence-corrected chi connectivity index (χ1v) is 4.73. The molecule has 0 aromatic rings. The van der Waals surface area contributed by atoms with E-state index in [9.17, 15) is 8.42 Å². The SMILES string of the molecule is O=S1(=O)CCCCC1. The zero-order valence-corrected chi connectivity index (χ0v) is 5.58. The number of rotatable bonds is 0.